The zero-order valence-electron chi connectivity index (χ0n) is 12.3. The quantitative estimate of drug-likeness (QED) is 0.760. The number of hydrogen-bond donors (Lipinski definition) is 1. The minimum atomic E-state index is 0.303. The number of halogens is 1. The van der Waals surface area contributed by atoms with Crippen molar-refractivity contribution in [3.05, 3.63) is 58.6 Å². The molecule has 0 saturated carbocycles. The Hall–Kier alpha value is -1.52. The van der Waals surface area contributed by atoms with E-state index in [0.29, 0.717) is 12.6 Å². The van der Waals surface area contributed by atoms with E-state index in [4.69, 9.17) is 9.47 Å². The van der Waals surface area contributed by atoms with Crippen LogP contribution in [0, 0.1) is 0 Å². The average Bonchev–Trinajstić information content (AvgIpc) is 2.52. The van der Waals surface area contributed by atoms with Gasteiger partial charge in [0.1, 0.15) is 18.1 Å². The third-order valence-corrected chi connectivity index (χ3v) is 3.78. The fraction of sp³-hybridized carbons (Fsp3) is 0.294. The summed E-state index contributed by atoms with van der Waals surface area (Å²) in [5.41, 5.74) is 1.27. The van der Waals surface area contributed by atoms with Crippen molar-refractivity contribution in [1.29, 1.82) is 0 Å². The van der Waals surface area contributed by atoms with Gasteiger partial charge in [0.25, 0.3) is 0 Å². The van der Waals surface area contributed by atoms with Gasteiger partial charge >= 0.3 is 0 Å². The van der Waals surface area contributed by atoms with Gasteiger partial charge in [-0.1, -0.05) is 28.1 Å². The molecule has 4 heteroatoms. The van der Waals surface area contributed by atoms with E-state index < -0.39 is 0 Å². The number of nitrogens with one attached hydrogen (secondary N) is 1. The predicted molar refractivity (Wildman–Crippen MR) is 89.0 cm³/mol. The molecule has 0 amide bonds. The minimum absolute atomic E-state index is 0.303. The van der Waals surface area contributed by atoms with E-state index in [2.05, 4.69) is 52.4 Å². The topological polar surface area (TPSA) is 30.5 Å². The molecular weight excluding hydrogens is 330 g/mol. The second kappa shape index (κ2) is 8.05. The molecule has 0 radical (unpaired) electrons. The first-order valence-corrected chi connectivity index (χ1v) is 7.74. The molecule has 1 N–H and O–H groups in total. The van der Waals surface area contributed by atoms with Crippen molar-refractivity contribution >= 4 is 15.9 Å². The van der Waals surface area contributed by atoms with Crippen molar-refractivity contribution in [2.45, 2.75) is 13.0 Å². The zero-order valence-corrected chi connectivity index (χ0v) is 13.9. The minimum Gasteiger partial charge on any atom is -0.497 e. The molecule has 0 aliphatic rings. The fourth-order valence-electron chi connectivity index (χ4n) is 1.99. The zero-order chi connectivity index (χ0) is 15.1. The van der Waals surface area contributed by atoms with Gasteiger partial charge < -0.3 is 14.8 Å². The number of ether oxygens (including phenoxy) is 2. The van der Waals surface area contributed by atoms with E-state index >= 15 is 0 Å². The predicted octanol–water partition coefficient (Wildman–Crippen LogP) is 4.19. The summed E-state index contributed by atoms with van der Waals surface area (Å²) in [4.78, 5) is 0. The molecular formula is C17H20BrNO2. The van der Waals surface area contributed by atoms with Crippen LogP contribution in [0.1, 0.15) is 18.5 Å². The van der Waals surface area contributed by atoms with E-state index in [1.165, 1.54) is 5.56 Å². The monoisotopic (exact) mass is 349 g/mol. The first kappa shape index (κ1) is 15.9. The first-order valence-electron chi connectivity index (χ1n) is 6.95. The van der Waals surface area contributed by atoms with Crippen molar-refractivity contribution in [1.82, 2.24) is 5.32 Å². The maximum atomic E-state index is 5.69. The van der Waals surface area contributed by atoms with Gasteiger partial charge in [0.15, 0.2) is 0 Å². The number of methoxy groups -OCH3 is 1. The molecule has 112 valence electrons. The van der Waals surface area contributed by atoms with E-state index in [1.54, 1.807) is 7.11 Å². The van der Waals surface area contributed by atoms with Crippen LogP contribution in [0.25, 0.3) is 0 Å². The van der Waals surface area contributed by atoms with Crippen LogP contribution in [0.3, 0.4) is 0 Å². The Labute approximate surface area is 134 Å². The fourth-order valence-corrected chi connectivity index (χ4v) is 2.25. The van der Waals surface area contributed by atoms with Crippen LogP contribution < -0.4 is 14.8 Å². The maximum Gasteiger partial charge on any atom is 0.119 e. The highest BCUT2D eigenvalue weighted by Gasteiger charge is 2.04. The van der Waals surface area contributed by atoms with Crippen molar-refractivity contribution in [2.24, 2.45) is 0 Å². The number of benzene rings is 2. The van der Waals surface area contributed by atoms with Crippen molar-refractivity contribution in [3.63, 3.8) is 0 Å². The molecule has 2 rings (SSSR count). The highest BCUT2D eigenvalue weighted by molar-refractivity contribution is 9.10. The van der Waals surface area contributed by atoms with Crippen LogP contribution in [0.4, 0.5) is 0 Å². The molecule has 0 fully saturated rings. The molecule has 0 bridgehead atoms. The molecule has 0 aliphatic heterocycles. The summed E-state index contributed by atoms with van der Waals surface area (Å²) >= 11 is 3.45. The van der Waals surface area contributed by atoms with E-state index in [1.807, 2.05) is 24.3 Å². The van der Waals surface area contributed by atoms with Gasteiger partial charge in [-0.15, -0.1) is 0 Å². The lowest BCUT2D eigenvalue weighted by atomic mass is 10.1. The van der Waals surface area contributed by atoms with Gasteiger partial charge in [0.05, 0.1) is 7.11 Å². The highest BCUT2D eigenvalue weighted by Crippen LogP contribution is 2.18. The standard InChI is InChI=1S/C17H20BrNO2/c1-13(14-3-5-15(18)6-4-14)19-11-12-21-17-9-7-16(20-2)8-10-17/h3-10,13,19H,11-12H2,1-2H3/t13-/m0/s1. The second-order valence-corrected chi connectivity index (χ2v) is 5.67. The molecule has 0 heterocycles. The molecule has 0 unspecified atom stereocenters. The largest absolute Gasteiger partial charge is 0.497 e. The van der Waals surface area contributed by atoms with Crippen molar-refractivity contribution in [2.75, 3.05) is 20.3 Å². The second-order valence-electron chi connectivity index (χ2n) is 4.75. The maximum absolute atomic E-state index is 5.69. The molecule has 0 spiro atoms. The van der Waals surface area contributed by atoms with Gasteiger partial charge in [-0.2, -0.15) is 0 Å². The summed E-state index contributed by atoms with van der Waals surface area (Å²) in [5, 5.41) is 3.45. The normalized spacial score (nSPS) is 12.0. The van der Waals surface area contributed by atoms with Crippen LogP contribution in [-0.4, -0.2) is 20.3 Å². The summed E-state index contributed by atoms with van der Waals surface area (Å²) < 4.78 is 11.9. The first-order chi connectivity index (χ1) is 10.2. The summed E-state index contributed by atoms with van der Waals surface area (Å²) in [7, 11) is 1.66. The molecule has 21 heavy (non-hydrogen) atoms. The lowest BCUT2D eigenvalue weighted by molar-refractivity contribution is 0.307. The lowest BCUT2D eigenvalue weighted by Gasteiger charge is -2.15. The molecule has 0 saturated heterocycles. The molecule has 3 nitrogen and oxygen atoms in total. The third-order valence-electron chi connectivity index (χ3n) is 3.25. The summed E-state index contributed by atoms with van der Waals surface area (Å²) in [6, 6.07) is 16.3. The van der Waals surface area contributed by atoms with Crippen molar-refractivity contribution in [3.8, 4) is 11.5 Å². The van der Waals surface area contributed by atoms with Gasteiger partial charge in [-0.3, -0.25) is 0 Å². The van der Waals surface area contributed by atoms with Gasteiger partial charge in [-0.05, 0) is 48.9 Å². The Kier molecular flexibility index (Phi) is 6.08. The molecule has 2 aromatic rings. The number of hydrogen-bond acceptors (Lipinski definition) is 3. The van der Waals surface area contributed by atoms with E-state index in [0.717, 1.165) is 22.5 Å². The Bertz CT molecular complexity index is 540. The Morgan fingerprint density at radius 1 is 1.00 bits per heavy atom. The van der Waals surface area contributed by atoms with Gasteiger partial charge in [0.2, 0.25) is 0 Å². The number of rotatable bonds is 7. The SMILES string of the molecule is COc1ccc(OCCN[C@@H](C)c2ccc(Br)cc2)cc1. The Morgan fingerprint density at radius 3 is 2.24 bits per heavy atom. The van der Waals surface area contributed by atoms with Crippen LogP contribution in [0.2, 0.25) is 0 Å². The van der Waals surface area contributed by atoms with Gasteiger partial charge in [-0.25, -0.2) is 0 Å². The highest BCUT2D eigenvalue weighted by atomic mass is 79.9. The van der Waals surface area contributed by atoms with E-state index in [-0.39, 0.29) is 0 Å². The summed E-state index contributed by atoms with van der Waals surface area (Å²) in [6.45, 7) is 3.58. The molecule has 0 aliphatic carbocycles. The third kappa shape index (κ3) is 5.06. The Balaban J connectivity index is 1.72. The van der Waals surface area contributed by atoms with Gasteiger partial charge in [0, 0.05) is 17.1 Å². The summed E-state index contributed by atoms with van der Waals surface area (Å²) in [5.74, 6) is 1.69. The Morgan fingerprint density at radius 2 is 1.62 bits per heavy atom. The molecule has 0 aromatic heterocycles. The lowest BCUT2D eigenvalue weighted by Crippen LogP contribution is -2.24. The van der Waals surface area contributed by atoms with Crippen LogP contribution in [0.15, 0.2) is 53.0 Å². The van der Waals surface area contributed by atoms with Crippen LogP contribution in [0.5, 0.6) is 11.5 Å². The molecule has 2 aromatic carbocycles. The average molecular weight is 350 g/mol. The van der Waals surface area contributed by atoms with Crippen molar-refractivity contribution < 1.29 is 9.47 Å². The summed E-state index contributed by atoms with van der Waals surface area (Å²) in [6.07, 6.45) is 0. The van der Waals surface area contributed by atoms with Crippen LogP contribution in [-0.2, 0) is 0 Å². The van der Waals surface area contributed by atoms with Crippen LogP contribution >= 0.6 is 15.9 Å². The van der Waals surface area contributed by atoms with E-state index in [9.17, 15) is 0 Å². The molecule has 1 atom stereocenters. The smallest absolute Gasteiger partial charge is 0.119 e.